The van der Waals surface area contributed by atoms with Crippen LogP contribution in [-0.2, 0) is 0 Å². The van der Waals surface area contributed by atoms with Gasteiger partial charge in [-0.3, -0.25) is 0 Å². The zero-order valence-corrected chi connectivity index (χ0v) is 22.1. The van der Waals surface area contributed by atoms with Crippen LogP contribution in [0, 0.1) is 17.3 Å². The molecule has 0 radical (unpaired) electrons. The van der Waals surface area contributed by atoms with Crippen molar-refractivity contribution >= 4 is 0 Å². The third-order valence-corrected chi connectivity index (χ3v) is 8.47. The fourth-order valence-electron chi connectivity index (χ4n) is 6.11. The van der Waals surface area contributed by atoms with Gasteiger partial charge in [0.05, 0.1) is 0 Å². The van der Waals surface area contributed by atoms with Crippen LogP contribution in [0.1, 0.15) is 130 Å². The van der Waals surface area contributed by atoms with Crippen LogP contribution in [0.5, 0.6) is 0 Å². The first kappa shape index (κ1) is 27.2. The number of hydrogen-bond acceptors (Lipinski definition) is 2. The van der Waals surface area contributed by atoms with E-state index in [9.17, 15) is 0 Å². The van der Waals surface area contributed by atoms with Gasteiger partial charge in [-0.2, -0.15) is 0 Å². The summed E-state index contributed by atoms with van der Waals surface area (Å²) in [4.78, 5) is 5.62. The molecule has 2 unspecified atom stereocenters. The number of nitrogens with zero attached hydrogens (tertiary/aromatic N) is 2. The summed E-state index contributed by atoms with van der Waals surface area (Å²) in [7, 11) is 0. The van der Waals surface area contributed by atoms with E-state index in [1.165, 1.54) is 142 Å². The van der Waals surface area contributed by atoms with Gasteiger partial charge in [0, 0.05) is 19.6 Å². The first-order chi connectivity index (χ1) is 15.1. The van der Waals surface area contributed by atoms with E-state index in [1.54, 1.807) is 0 Å². The van der Waals surface area contributed by atoms with Crippen LogP contribution >= 0.6 is 0 Å². The fraction of sp³-hybridized carbons (Fsp3) is 1.00. The van der Waals surface area contributed by atoms with Gasteiger partial charge in [-0.25, -0.2) is 0 Å². The summed E-state index contributed by atoms with van der Waals surface area (Å²) < 4.78 is 0. The van der Waals surface area contributed by atoms with Crippen molar-refractivity contribution in [2.45, 2.75) is 130 Å². The molecule has 2 nitrogen and oxygen atoms in total. The lowest BCUT2D eigenvalue weighted by Gasteiger charge is -2.54. The molecule has 2 heteroatoms. The molecule has 2 aliphatic heterocycles. The maximum Gasteiger partial charge on any atom is 0.00514 e. The summed E-state index contributed by atoms with van der Waals surface area (Å²) in [6, 6.07) is 0. The highest BCUT2D eigenvalue weighted by molar-refractivity contribution is 4.98. The lowest BCUT2D eigenvalue weighted by atomic mass is 9.71. The molecule has 0 N–H and O–H groups in total. The van der Waals surface area contributed by atoms with Crippen molar-refractivity contribution in [3.8, 4) is 0 Å². The second-order valence-electron chi connectivity index (χ2n) is 11.6. The van der Waals surface area contributed by atoms with Crippen LogP contribution in [0.3, 0.4) is 0 Å². The van der Waals surface area contributed by atoms with Crippen LogP contribution in [-0.4, -0.2) is 49.1 Å². The molecule has 31 heavy (non-hydrogen) atoms. The van der Waals surface area contributed by atoms with Crippen LogP contribution in [0.25, 0.3) is 0 Å². The molecule has 2 fully saturated rings. The molecule has 0 bridgehead atoms. The standard InChI is InChI=1S/C29H58N2/c1-5-8-11-14-17-28(16-13-10-7-3)24-30-22-19-29(20-23-30)25-31(26-29)21-18-27(4)15-12-9-6-2/h27-28H,5-26H2,1-4H3. The normalized spacial score (nSPS) is 21.3. The molecule has 0 saturated carbocycles. The summed E-state index contributed by atoms with van der Waals surface area (Å²) in [5, 5.41) is 0. The smallest absolute Gasteiger partial charge is 0.00514 e. The average molecular weight is 435 g/mol. The van der Waals surface area contributed by atoms with E-state index in [0.29, 0.717) is 5.41 Å². The third kappa shape index (κ3) is 10.6. The van der Waals surface area contributed by atoms with Gasteiger partial charge in [-0.05, 0) is 69.0 Å². The third-order valence-electron chi connectivity index (χ3n) is 8.47. The Morgan fingerprint density at radius 2 is 1.19 bits per heavy atom. The van der Waals surface area contributed by atoms with Gasteiger partial charge in [0.1, 0.15) is 0 Å². The average Bonchev–Trinajstić information content (AvgIpc) is 2.75. The van der Waals surface area contributed by atoms with Gasteiger partial charge >= 0.3 is 0 Å². The van der Waals surface area contributed by atoms with Crippen molar-refractivity contribution in [2.75, 3.05) is 39.3 Å². The molecule has 0 aromatic carbocycles. The Balaban J connectivity index is 1.62. The summed E-state index contributed by atoms with van der Waals surface area (Å²) in [5.41, 5.74) is 0.695. The Morgan fingerprint density at radius 3 is 1.81 bits per heavy atom. The van der Waals surface area contributed by atoms with E-state index >= 15 is 0 Å². The molecule has 2 heterocycles. The molecule has 0 aromatic rings. The van der Waals surface area contributed by atoms with Gasteiger partial charge in [0.25, 0.3) is 0 Å². The predicted molar refractivity (Wildman–Crippen MR) is 139 cm³/mol. The van der Waals surface area contributed by atoms with Crippen LogP contribution in [0.2, 0.25) is 0 Å². The summed E-state index contributed by atoms with van der Waals surface area (Å²) in [6.45, 7) is 17.8. The minimum absolute atomic E-state index is 0.695. The molecule has 0 aromatic heterocycles. The van der Waals surface area contributed by atoms with Gasteiger partial charge in [0.15, 0.2) is 0 Å². The second kappa shape index (κ2) is 15.7. The topological polar surface area (TPSA) is 6.48 Å². The molecular weight excluding hydrogens is 376 g/mol. The highest BCUT2D eigenvalue weighted by atomic mass is 15.2. The first-order valence-corrected chi connectivity index (χ1v) is 14.6. The monoisotopic (exact) mass is 434 g/mol. The van der Waals surface area contributed by atoms with E-state index in [1.807, 2.05) is 0 Å². The number of piperidine rings is 1. The predicted octanol–water partition coefficient (Wildman–Crippen LogP) is 8.16. The van der Waals surface area contributed by atoms with Crippen LogP contribution in [0.15, 0.2) is 0 Å². The van der Waals surface area contributed by atoms with Crippen molar-refractivity contribution in [3.05, 3.63) is 0 Å². The first-order valence-electron chi connectivity index (χ1n) is 14.6. The molecule has 2 saturated heterocycles. The van der Waals surface area contributed by atoms with Crippen molar-refractivity contribution < 1.29 is 0 Å². The molecule has 0 amide bonds. The molecule has 184 valence electrons. The van der Waals surface area contributed by atoms with Crippen molar-refractivity contribution in [1.82, 2.24) is 9.80 Å². The Morgan fingerprint density at radius 1 is 0.645 bits per heavy atom. The summed E-state index contributed by atoms with van der Waals surface area (Å²) in [5.74, 6) is 1.89. The van der Waals surface area contributed by atoms with Gasteiger partial charge in [-0.1, -0.05) is 98.3 Å². The maximum absolute atomic E-state index is 2.85. The zero-order valence-electron chi connectivity index (χ0n) is 22.1. The summed E-state index contributed by atoms with van der Waals surface area (Å²) in [6.07, 6.45) is 22.9. The van der Waals surface area contributed by atoms with Gasteiger partial charge in [-0.15, -0.1) is 0 Å². The Labute approximate surface area is 196 Å². The molecular formula is C29H58N2. The minimum atomic E-state index is 0.695. The van der Waals surface area contributed by atoms with E-state index in [4.69, 9.17) is 0 Å². The number of rotatable bonds is 18. The lowest BCUT2D eigenvalue weighted by molar-refractivity contribution is -0.0506. The van der Waals surface area contributed by atoms with E-state index in [2.05, 4.69) is 37.5 Å². The van der Waals surface area contributed by atoms with E-state index in [0.717, 1.165) is 11.8 Å². The minimum Gasteiger partial charge on any atom is -0.303 e. The highest BCUT2D eigenvalue weighted by Crippen LogP contribution is 2.41. The Bertz CT molecular complexity index is 418. The fourth-order valence-corrected chi connectivity index (χ4v) is 6.11. The van der Waals surface area contributed by atoms with E-state index < -0.39 is 0 Å². The van der Waals surface area contributed by atoms with Crippen molar-refractivity contribution in [1.29, 1.82) is 0 Å². The number of unbranched alkanes of at least 4 members (excludes halogenated alkanes) is 7. The van der Waals surface area contributed by atoms with Crippen molar-refractivity contribution in [2.24, 2.45) is 17.3 Å². The Kier molecular flexibility index (Phi) is 13.8. The molecule has 2 atom stereocenters. The quantitative estimate of drug-likeness (QED) is 0.201. The second-order valence-corrected chi connectivity index (χ2v) is 11.6. The Hall–Kier alpha value is -0.0800. The zero-order chi connectivity index (χ0) is 22.4. The lowest BCUT2D eigenvalue weighted by Crippen LogP contribution is -2.60. The van der Waals surface area contributed by atoms with Crippen LogP contribution < -0.4 is 0 Å². The molecule has 1 spiro atoms. The molecule has 0 aliphatic carbocycles. The SMILES string of the molecule is CCCCCCC(CCCCC)CN1CCC2(CC1)CN(CCC(C)CCCCC)C2. The van der Waals surface area contributed by atoms with E-state index in [-0.39, 0.29) is 0 Å². The molecule has 2 aliphatic rings. The number of likely N-dealkylation sites (tertiary alicyclic amines) is 2. The number of hydrogen-bond donors (Lipinski definition) is 0. The summed E-state index contributed by atoms with van der Waals surface area (Å²) >= 11 is 0. The maximum atomic E-state index is 2.85. The highest BCUT2D eigenvalue weighted by Gasteiger charge is 2.44. The van der Waals surface area contributed by atoms with Crippen LogP contribution in [0.4, 0.5) is 0 Å². The van der Waals surface area contributed by atoms with Gasteiger partial charge < -0.3 is 9.80 Å². The largest absolute Gasteiger partial charge is 0.303 e. The van der Waals surface area contributed by atoms with Crippen molar-refractivity contribution in [3.63, 3.8) is 0 Å². The van der Waals surface area contributed by atoms with Gasteiger partial charge in [0.2, 0.25) is 0 Å². The molecule has 2 rings (SSSR count).